The normalized spacial score (nSPS) is 11.6. The maximum Gasteiger partial charge on any atom is 0.264 e. The summed E-state index contributed by atoms with van der Waals surface area (Å²) in [6.07, 6.45) is -1.21. The Morgan fingerprint density at radius 3 is 2.60 bits per heavy atom. The first-order valence-corrected chi connectivity index (χ1v) is 8.28. The minimum atomic E-state index is -2.81. The second-order valence-electron chi connectivity index (χ2n) is 5.56. The van der Waals surface area contributed by atoms with Crippen molar-refractivity contribution in [3.05, 3.63) is 38.6 Å². The molecule has 25 heavy (non-hydrogen) atoms. The lowest BCUT2D eigenvalue weighted by Crippen LogP contribution is -2.17. The van der Waals surface area contributed by atoms with E-state index in [0.717, 1.165) is 5.69 Å². The lowest BCUT2D eigenvalue weighted by Gasteiger charge is -2.13. The van der Waals surface area contributed by atoms with Gasteiger partial charge in [0, 0.05) is 29.9 Å². The number of nitrogens with zero attached hydrogens (tertiary/aromatic N) is 4. The number of alkyl halides is 2. The zero-order valence-electron chi connectivity index (χ0n) is 14.0. The molecule has 0 fully saturated rings. The van der Waals surface area contributed by atoms with E-state index in [1.165, 1.54) is 6.07 Å². The van der Waals surface area contributed by atoms with Gasteiger partial charge in [0.05, 0.1) is 17.3 Å². The van der Waals surface area contributed by atoms with Crippen molar-refractivity contribution in [3.63, 3.8) is 0 Å². The molecule has 0 aliphatic carbocycles. The average molecular weight is 365 g/mol. The molecule has 3 aromatic heterocycles. The Kier molecular flexibility index (Phi) is 4.51. The van der Waals surface area contributed by atoms with Crippen LogP contribution >= 0.6 is 12.2 Å². The van der Waals surface area contributed by atoms with Crippen molar-refractivity contribution in [2.24, 2.45) is 0 Å². The molecule has 0 saturated heterocycles. The van der Waals surface area contributed by atoms with Crippen LogP contribution in [0.5, 0.6) is 0 Å². The third-order valence-corrected chi connectivity index (χ3v) is 4.53. The molecule has 3 aromatic rings. The zero-order valence-corrected chi connectivity index (χ0v) is 14.8. The number of aromatic amines is 1. The third-order valence-electron chi connectivity index (χ3n) is 4.21. The van der Waals surface area contributed by atoms with Crippen LogP contribution < -0.4 is 5.56 Å². The van der Waals surface area contributed by atoms with Crippen molar-refractivity contribution in [2.75, 3.05) is 0 Å². The van der Waals surface area contributed by atoms with Gasteiger partial charge >= 0.3 is 0 Å². The number of nitrogens with one attached hydrogen (secondary N) is 1. The summed E-state index contributed by atoms with van der Waals surface area (Å²) in [6.45, 7) is 6.66. The van der Waals surface area contributed by atoms with Crippen molar-refractivity contribution in [3.8, 4) is 11.3 Å². The molecule has 0 saturated carbocycles. The molecule has 0 amide bonds. The van der Waals surface area contributed by atoms with Crippen molar-refractivity contribution >= 4 is 23.3 Å². The highest BCUT2D eigenvalue weighted by Crippen LogP contribution is 2.30. The molecule has 6 nitrogen and oxygen atoms in total. The third kappa shape index (κ3) is 2.78. The number of pyridine rings is 1. The van der Waals surface area contributed by atoms with Crippen molar-refractivity contribution < 1.29 is 8.78 Å². The first-order valence-electron chi connectivity index (χ1n) is 7.87. The Morgan fingerprint density at radius 1 is 1.32 bits per heavy atom. The first-order chi connectivity index (χ1) is 11.9. The quantitative estimate of drug-likeness (QED) is 0.717. The van der Waals surface area contributed by atoms with E-state index in [4.69, 9.17) is 12.2 Å². The molecule has 3 heterocycles. The number of aromatic nitrogens is 5. The fraction of sp³-hybridized carbons (Fsp3) is 0.375. The summed E-state index contributed by atoms with van der Waals surface area (Å²) in [5, 5.41) is 4.11. The number of halogens is 2. The van der Waals surface area contributed by atoms with Crippen molar-refractivity contribution in [2.45, 2.75) is 40.3 Å². The van der Waals surface area contributed by atoms with E-state index in [0.29, 0.717) is 24.3 Å². The van der Waals surface area contributed by atoms with Crippen LogP contribution in [-0.4, -0.2) is 24.3 Å². The van der Waals surface area contributed by atoms with Crippen LogP contribution in [0.1, 0.15) is 31.5 Å². The summed E-state index contributed by atoms with van der Waals surface area (Å²) in [7, 11) is 0. The summed E-state index contributed by atoms with van der Waals surface area (Å²) < 4.78 is 30.7. The average Bonchev–Trinajstić information content (AvgIpc) is 2.94. The summed E-state index contributed by atoms with van der Waals surface area (Å²) >= 11 is 5.15. The first kappa shape index (κ1) is 17.4. The number of rotatable bonds is 4. The molecule has 0 radical (unpaired) electrons. The van der Waals surface area contributed by atoms with Gasteiger partial charge in [-0.1, -0.05) is 0 Å². The fourth-order valence-electron chi connectivity index (χ4n) is 2.92. The summed E-state index contributed by atoms with van der Waals surface area (Å²) in [4.78, 5) is 19.2. The van der Waals surface area contributed by atoms with E-state index in [1.54, 1.807) is 15.4 Å². The minimum Gasteiger partial charge on any atom is -0.303 e. The molecule has 0 bridgehead atoms. The van der Waals surface area contributed by atoms with Gasteiger partial charge in [0.25, 0.3) is 12.0 Å². The highest BCUT2D eigenvalue weighted by Gasteiger charge is 2.21. The predicted octanol–water partition coefficient (Wildman–Crippen LogP) is 3.60. The summed E-state index contributed by atoms with van der Waals surface area (Å²) in [6, 6.07) is 1.26. The number of fused-ring (bicyclic) bond motifs is 1. The fourth-order valence-corrected chi connectivity index (χ4v) is 3.23. The second kappa shape index (κ2) is 6.47. The van der Waals surface area contributed by atoms with E-state index < -0.39 is 12.0 Å². The predicted molar refractivity (Wildman–Crippen MR) is 93.5 cm³/mol. The Labute approximate surface area is 147 Å². The van der Waals surface area contributed by atoms with Crippen LogP contribution in [0.3, 0.4) is 0 Å². The van der Waals surface area contributed by atoms with Crippen LogP contribution in [0.15, 0.2) is 17.1 Å². The Bertz CT molecular complexity index is 1070. The van der Waals surface area contributed by atoms with Crippen LogP contribution in [0.25, 0.3) is 22.3 Å². The largest absolute Gasteiger partial charge is 0.303 e. The second-order valence-corrected chi connectivity index (χ2v) is 5.95. The van der Waals surface area contributed by atoms with Gasteiger partial charge in [0.2, 0.25) is 0 Å². The van der Waals surface area contributed by atoms with E-state index >= 15 is 0 Å². The zero-order chi connectivity index (χ0) is 18.3. The number of aryl methyl sites for hydroxylation is 2. The Balaban J connectivity index is 2.45. The summed E-state index contributed by atoms with van der Waals surface area (Å²) in [5.74, 6) is 0. The molecule has 9 heteroatoms. The molecule has 3 rings (SSSR count). The highest BCUT2D eigenvalue weighted by molar-refractivity contribution is 7.71. The van der Waals surface area contributed by atoms with Crippen LogP contribution in [0.2, 0.25) is 0 Å². The highest BCUT2D eigenvalue weighted by atomic mass is 32.1. The maximum atomic E-state index is 13.6. The molecule has 0 aliphatic heterocycles. The van der Waals surface area contributed by atoms with E-state index in [-0.39, 0.29) is 21.4 Å². The van der Waals surface area contributed by atoms with Crippen LogP contribution in [0, 0.1) is 11.7 Å². The van der Waals surface area contributed by atoms with Gasteiger partial charge in [-0.25, -0.2) is 13.8 Å². The molecular weight excluding hydrogens is 348 g/mol. The van der Waals surface area contributed by atoms with Crippen LogP contribution in [-0.2, 0) is 13.1 Å². The molecular formula is C16H17F2N5OS. The van der Waals surface area contributed by atoms with Gasteiger partial charge in [-0.15, -0.1) is 0 Å². The molecule has 1 N–H and O–H groups in total. The van der Waals surface area contributed by atoms with Gasteiger partial charge < -0.3 is 4.57 Å². The van der Waals surface area contributed by atoms with Gasteiger partial charge in [-0.3, -0.25) is 14.5 Å². The van der Waals surface area contributed by atoms with E-state index in [9.17, 15) is 13.6 Å². The standard InChI is InChI=1S/C16H17F2N5OS/c1-4-22-14-12(15(24)21-16(22)25)9(13(17)18)6-11(20-14)10-7-19-23(5-2)8(10)3/h6-7,13H,4-5H2,1-3H3,(H,21,24,25). The maximum absolute atomic E-state index is 13.6. The van der Waals surface area contributed by atoms with E-state index in [1.807, 2.05) is 20.8 Å². The van der Waals surface area contributed by atoms with Crippen molar-refractivity contribution in [1.29, 1.82) is 0 Å². The van der Waals surface area contributed by atoms with Crippen molar-refractivity contribution in [1.82, 2.24) is 24.3 Å². The van der Waals surface area contributed by atoms with Gasteiger partial charge in [0.15, 0.2) is 4.77 Å². The topological polar surface area (TPSA) is 68.5 Å². The van der Waals surface area contributed by atoms with Gasteiger partial charge in [-0.05, 0) is 39.1 Å². The molecule has 0 aliphatic rings. The lowest BCUT2D eigenvalue weighted by molar-refractivity contribution is 0.153. The number of hydrogen-bond donors (Lipinski definition) is 1. The Hall–Kier alpha value is -2.42. The SMILES string of the molecule is CCn1ncc(-c2cc(C(F)F)c3c(=O)[nH]c(=S)n(CC)c3n2)c1C. The minimum absolute atomic E-state index is 0.130. The molecule has 0 atom stereocenters. The smallest absolute Gasteiger partial charge is 0.264 e. The Morgan fingerprint density at radius 2 is 2.04 bits per heavy atom. The van der Waals surface area contributed by atoms with Crippen LogP contribution in [0.4, 0.5) is 8.78 Å². The number of H-pyrrole nitrogens is 1. The van der Waals surface area contributed by atoms with Gasteiger partial charge in [0.1, 0.15) is 5.65 Å². The molecule has 0 unspecified atom stereocenters. The molecule has 0 spiro atoms. The summed E-state index contributed by atoms with van der Waals surface area (Å²) in [5.41, 5.74) is 0.970. The van der Waals surface area contributed by atoms with E-state index in [2.05, 4.69) is 15.1 Å². The number of hydrogen-bond acceptors (Lipinski definition) is 4. The van der Waals surface area contributed by atoms with Gasteiger partial charge in [-0.2, -0.15) is 5.10 Å². The molecule has 0 aromatic carbocycles. The molecule has 132 valence electrons. The lowest BCUT2D eigenvalue weighted by atomic mass is 10.1. The monoisotopic (exact) mass is 365 g/mol.